The van der Waals surface area contributed by atoms with E-state index in [1.807, 2.05) is 0 Å². The molecule has 0 aliphatic carbocycles. The highest BCUT2D eigenvalue weighted by molar-refractivity contribution is 7.99. The molecule has 11 nitrogen and oxygen atoms in total. The Hall–Kier alpha value is -3.33. The van der Waals surface area contributed by atoms with Gasteiger partial charge in [-0.25, -0.2) is 13.5 Å². The molecule has 1 aromatic carbocycles. The van der Waals surface area contributed by atoms with E-state index in [-0.39, 0.29) is 17.9 Å². The first-order valence-corrected chi connectivity index (χ1v) is 13.5. The minimum Gasteiger partial charge on any atom is -0.463 e. The fourth-order valence-electron chi connectivity index (χ4n) is 4.13. The smallest absolute Gasteiger partial charge is 0.303 e. The monoisotopic (exact) mass is 630 g/mol. The Balaban J connectivity index is 1.82. The number of thioether (sulfide) groups is 1. The summed E-state index contributed by atoms with van der Waals surface area (Å²) in [5, 5.41) is 7.77. The van der Waals surface area contributed by atoms with Crippen LogP contribution in [-0.2, 0) is 33.3 Å². The van der Waals surface area contributed by atoms with E-state index in [0.29, 0.717) is 9.92 Å². The first-order valence-electron chi connectivity index (χ1n) is 11.9. The van der Waals surface area contributed by atoms with E-state index < -0.39 is 64.4 Å². The second-order valence-electron chi connectivity index (χ2n) is 8.78. The third kappa shape index (κ3) is 7.50. The van der Waals surface area contributed by atoms with Crippen molar-refractivity contribution in [1.29, 1.82) is 0 Å². The Bertz CT molecular complexity index is 1440. The third-order valence-corrected chi connectivity index (χ3v) is 7.37. The van der Waals surface area contributed by atoms with E-state index in [1.54, 1.807) is 6.07 Å². The standard InChI is InChI=1S/C25H22Cl2F2N4O7S/c1-11(34)37-10-20-23(38-12(2)35)22(33-9-19(31-32-33)14-4-17(28)21(27)18(29)5-14)24(39-13(3)36)25(40-20)41-16-6-15(26)7-30-8-16/h4-9,20,22-25H,10H2,1-3H3/t20-,22+,23+,24-,25-/m1/s1. The molecule has 16 heteroatoms. The summed E-state index contributed by atoms with van der Waals surface area (Å²) in [6.45, 7) is 3.19. The maximum absolute atomic E-state index is 14.2. The third-order valence-electron chi connectivity index (χ3n) is 5.70. The first kappa shape index (κ1) is 30.6. The van der Waals surface area contributed by atoms with Crippen LogP contribution < -0.4 is 0 Å². The van der Waals surface area contributed by atoms with Gasteiger partial charge in [0.25, 0.3) is 0 Å². The Labute approximate surface area is 246 Å². The molecule has 1 saturated heterocycles. The number of carbonyl (C=O) groups is 3. The number of hydrogen-bond acceptors (Lipinski definition) is 11. The lowest BCUT2D eigenvalue weighted by Gasteiger charge is -2.44. The van der Waals surface area contributed by atoms with Crippen molar-refractivity contribution in [2.75, 3.05) is 6.61 Å². The maximum Gasteiger partial charge on any atom is 0.303 e. The van der Waals surface area contributed by atoms with E-state index in [4.69, 9.17) is 42.1 Å². The van der Waals surface area contributed by atoms with Gasteiger partial charge in [-0.2, -0.15) is 0 Å². The lowest BCUT2D eigenvalue weighted by molar-refractivity contribution is -0.212. The van der Waals surface area contributed by atoms with Gasteiger partial charge in [-0.05, 0) is 18.2 Å². The lowest BCUT2D eigenvalue weighted by Crippen LogP contribution is -2.57. The summed E-state index contributed by atoms with van der Waals surface area (Å²) in [6, 6.07) is 2.46. The van der Waals surface area contributed by atoms with Gasteiger partial charge in [0.1, 0.15) is 46.5 Å². The van der Waals surface area contributed by atoms with Crippen LogP contribution in [0.1, 0.15) is 26.8 Å². The molecule has 0 unspecified atom stereocenters. The van der Waals surface area contributed by atoms with Gasteiger partial charge in [0.05, 0.1) is 11.2 Å². The van der Waals surface area contributed by atoms with Gasteiger partial charge in [-0.3, -0.25) is 19.4 Å². The van der Waals surface area contributed by atoms with Crippen molar-refractivity contribution in [3.8, 4) is 11.3 Å². The number of halogens is 4. The Morgan fingerprint density at radius 2 is 1.66 bits per heavy atom. The number of rotatable bonds is 8. The topological polar surface area (TPSA) is 132 Å². The molecular weight excluding hydrogens is 609 g/mol. The van der Waals surface area contributed by atoms with Crippen LogP contribution in [-0.4, -0.2) is 68.2 Å². The van der Waals surface area contributed by atoms with Crippen LogP contribution in [0, 0.1) is 11.6 Å². The highest BCUT2D eigenvalue weighted by Crippen LogP contribution is 2.41. The van der Waals surface area contributed by atoms with Crippen LogP contribution in [0.3, 0.4) is 0 Å². The molecule has 3 heterocycles. The fraction of sp³-hybridized carbons (Fsp3) is 0.360. The average molecular weight is 631 g/mol. The van der Waals surface area contributed by atoms with Gasteiger partial charge in [-0.15, -0.1) is 5.10 Å². The number of carbonyl (C=O) groups excluding carboxylic acids is 3. The molecule has 0 bridgehead atoms. The number of aromatic nitrogens is 4. The van der Waals surface area contributed by atoms with E-state index in [1.165, 1.54) is 37.1 Å². The average Bonchev–Trinajstić information content (AvgIpc) is 3.37. The van der Waals surface area contributed by atoms with Crippen molar-refractivity contribution in [3.63, 3.8) is 0 Å². The minimum absolute atomic E-state index is 0.0168. The molecule has 218 valence electrons. The molecule has 0 spiro atoms. The van der Waals surface area contributed by atoms with Gasteiger partial charge in [0.15, 0.2) is 12.2 Å². The minimum atomic E-state index is -1.22. The van der Waals surface area contributed by atoms with Crippen molar-refractivity contribution < 1.29 is 42.1 Å². The number of nitrogens with zero attached hydrogens (tertiary/aromatic N) is 4. The van der Waals surface area contributed by atoms with Crippen molar-refractivity contribution in [1.82, 2.24) is 20.0 Å². The summed E-state index contributed by atoms with van der Waals surface area (Å²) in [4.78, 5) is 40.7. The Kier molecular flexibility index (Phi) is 9.79. The van der Waals surface area contributed by atoms with Gasteiger partial charge < -0.3 is 18.9 Å². The molecule has 1 fully saturated rings. The van der Waals surface area contributed by atoms with Crippen LogP contribution in [0.25, 0.3) is 11.3 Å². The van der Waals surface area contributed by atoms with Gasteiger partial charge in [0, 0.05) is 43.6 Å². The predicted molar refractivity (Wildman–Crippen MR) is 141 cm³/mol. The molecule has 0 amide bonds. The molecule has 1 aliphatic heterocycles. The number of ether oxygens (including phenoxy) is 4. The molecule has 41 heavy (non-hydrogen) atoms. The summed E-state index contributed by atoms with van der Waals surface area (Å²) in [6.07, 6.45) is 0.801. The van der Waals surface area contributed by atoms with Crippen LogP contribution >= 0.6 is 35.0 Å². The Morgan fingerprint density at radius 1 is 1.00 bits per heavy atom. The van der Waals surface area contributed by atoms with Crippen LogP contribution in [0.4, 0.5) is 8.78 Å². The summed E-state index contributed by atoms with van der Waals surface area (Å²) < 4.78 is 52.2. The zero-order valence-corrected chi connectivity index (χ0v) is 24.0. The number of hydrogen-bond donors (Lipinski definition) is 0. The van der Waals surface area contributed by atoms with E-state index in [9.17, 15) is 23.2 Å². The number of esters is 3. The second-order valence-corrected chi connectivity index (χ2v) is 10.8. The second kappa shape index (κ2) is 13.1. The van der Waals surface area contributed by atoms with Gasteiger partial charge in [0.2, 0.25) is 0 Å². The van der Waals surface area contributed by atoms with Crippen molar-refractivity contribution >= 4 is 52.9 Å². The summed E-state index contributed by atoms with van der Waals surface area (Å²) in [7, 11) is 0. The van der Waals surface area contributed by atoms with Crippen LogP contribution in [0.5, 0.6) is 0 Å². The fourth-order valence-corrected chi connectivity index (χ4v) is 5.61. The highest BCUT2D eigenvalue weighted by Gasteiger charge is 2.52. The lowest BCUT2D eigenvalue weighted by atomic mass is 9.96. The van der Waals surface area contributed by atoms with Crippen molar-refractivity contribution in [2.45, 2.75) is 55.5 Å². The van der Waals surface area contributed by atoms with Gasteiger partial charge in [-0.1, -0.05) is 40.2 Å². The zero-order valence-electron chi connectivity index (χ0n) is 21.6. The molecule has 0 saturated carbocycles. The zero-order chi connectivity index (χ0) is 29.8. The number of benzene rings is 1. The molecule has 1 aliphatic rings. The summed E-state index contributed by atoms with van der Waals surface area (Å²) in [5.41, 5.74) is -0.938. The first-order chi connectivity index (χ1) is 19.4. The molecule has 0 radical (unpaired) electrons. The van der Waals surface area contributed by atoms with Crippen molar-refractivity contribution in [2.24, 2.45) is 0 Å². The molecule has 5 atom stereocenters. The Morgan fingerprint density at radius 3 is 2.27 bits per heavy atom. The van der Waals surface area contributed by atoms with Crippen molar-refractivity contribution in [3.05, 3.63) is 58.5 Å². The van der Waals surface area contributed by atoms with E-state index in [0.717, 1.165) is 30.8 Å². The normalized spacial score (nSPS) is 22.2. The molecule has 0 N–H and O–H groups in total. The van der Waals surface area contributed by atoms with Gasteiger partial charge >= 0.3 is 17.9 Å². The van der Waals surface area contributed by atoms with Crippen LogP contribution in [0.15, 0.2) is 41.7 Å². The highest BCUT2D eigenvalue weighted by atomic mass is 35.5. The number of pyridine rings is 1. The predicted octanol–water partition coefficient (Wildman–Crippen LogP) is 4.41. The largest absolute Gasteiger partial charge is 0.463 e. The summed E-state index contributed by atoms with van der Waals surface area (Å²) in [5.74, 6) is -4.05. The van der Waals surface area contributed by atoms with E-state index >= 15 is 0 Å². The molecule has 4 rings (SSSR count). The quantitative estimate of drug-likeness (QED) is 0.199. The summed E-state index contributed by atoms with van der Waals surface area (Å²) >= 11 is 12.8. The van der Waals surface area contributed by atoms with E-state index in [2.05, 4.69) is 15.3 Å². The molecular formula is C25H22Cl2F2N4O7S. The maximum atomic E-state index is 14.2. The molecule has 2 aromatic heterocycles. The van der Waals surface area contributed by atoms with Crippen LogP contribution in [0.2, 0.25) is 10.0 Å². The SMILES string of the molecule is CC(=O)OC[C@H]1O[C@H](Sc2cncc(Cl)c2)[C@H](OC(C)=O)[C@@H](n2cc(-c3cc(F)c(Cl)c(F)c3)nn2)[C@H]1OC(C)=O. The molecule has 3 aromatic rings.